The van der Waals surface area contributed by atoms with Crippen LogP contribution in [0.3, 0.4) is 0 Å². The minimum absolute atomic E-state index is 0.0456. The molecule has 0 aliphatic heterocycles. The summed E-state index contributed by atoms with van der Waals surface area (Å²) in [6, 6.07) is 28.0. The van der Waals surface area contributed by atoms with Gasteiger partial charge in [-0.25, -0.2) is 8.42 Å². The van der Waals surface area contributed by atoms with Crippen LogP contribution < -0.4 is 9.62 Å². The van der Waals surface area contributed by atoms with Gasteiger partial charge in [0, 0.05) is 24.0 Å². The number of benzene rings is 4. The van der Waals surface area contributed by atoms with E-state index in [1.54, 1.807) is 35.2 Å². The molecule has 47 heavy (non-hydrogen) atoms. The quantitative estimate of drug-likeness (QED) is 0.173. The highest BCUT2D eigenvalue weighted by molar-refractivity contribution is 7.92. The maximum absolute atomic E-state index is 14.7. The lowest BCUT2D eigenvalue weighted by molar-refractivity contribution is -0.140. The van der Waals surface area contributed by atoms with E-state index in [0.29, 0.717) is 5.02 Å². The molecule has 4 aromatic carbocycles. The molecule has 1 fully saturated rings. The number of nitrogens with one attached hydrogen (secondary N) is 1. The Hall–Kier alpha value is -4.14. The van der Waals surface area contributed by atoms with Gasteiger partial charge in [-0.2, -0.15) is 0 Å². The maximum Gasteiger partial charge on any atom is 0.264 e. The number of carbonyl (C=O) groups excluding carboxylic acids is 2. The molecule has 1 atom stereocenters. The fourth-order valence-electron chi connectivity index (χ4n) is 6.00. The standard InChI is InChI=1S/C38H42ClN3O4S/c1-27-17-21-34(22-18-27)47(45,46)42(33-20-19-29(3)35(39)24-33)26-37(43)41(25-31-14-8-7-11-28(31)2)36(23-30-12-5-4-6-13-30)38(44)40-32-15-9-10-16-32/h4-8,11-14,17-22,24,32,36H,9-10,15-16,23,25-26H2,1-3H3,(H,40,44). The Bertz CT molecular complexity index is 1810. The van der Waals surface area contributed by atoms with Crippen LogP contribution in [0.15, 0.2) is 102 Å². The average Bonchev–Trinajstić information content (AvgIpc) is 3.57. The third-order valence-electron chi connectivity index (χ3n) is 8.91. The van der Waals surface area contributed by atoms with Gasteiger partial charge in [0.05, 0.1) is 10.6 Å². The Balaban J connectivity index is 1.58. The Morgan fingerprint density at radius 2 is 1.51 bits per heavy atom. The topological polar surface area (TPSA) is 86.8 Å². The molecule has 0 spiro atoms. The largest absolute Gasteiger partial charge is 0.352 e. The maximum atomic E-state index is 14.7. The first kappa shape index (κ1) is 34.2. The molecule has 2 amide bonds. The summed E-state index contributed by atoms with van der Waals surface area (Å²) < 4.78 is 29.6. The van der Waals surface area contributed by atoms with E-state index in [1.807, 2.05) is 75.4 Å². The number of hydrogen-bond donors (Lipinski definition) is 1. The van der Waals surface area contributed by atoms with Crippen LogP contribution in [-0.2, 0) is 32.6 Å². The van der Waals surface area contributed by atoms with Crippen LogP contribution in [0, 0.1) is 20.8 Å². The van der Waals surface area contributed by atoms with E-state index in [1.165, 1.54) is 12.1 Å². The van der Waals surface area contributed by atoms with E-state index in [2.05, 4.69) is 5.32 Å². The Labute approximate surface area is 283 Å². The van der Waals surface area contributed by atoms with Crippen molar-refractivity contribution in [3.63, 3.8) is 0 Å². The first-order valence-electron chi connectivity index (χ1n) is 16.1. The summed E-state index contributed by atoms with van der Waals surface area (Å²) in [6.45, 7) is 5.28. The van der Waals surface area contributed by atoms with E-state index in [-0.39, 0.29) is 35.5 Å². The van der Waals surface area contributed by atoms with Gasteiger partial charge >= 0.3 is 0 Å². The fourth-order valence-corrected chi connectivity index (χ4v) is 7.58. The van der Waals surface area contributed by atoms with Gasteiger partial charge in [0.15, 0.2) is 0 Å². The summed E-state index contributed by atoms with van der Waals surface area (Å²) >= 11 is 6.49. The van der Waals surface area contributed by atoms with Gasteiger partial charge in [0.2, 0.25) is 11.8 Å². The summed E-state index contributed by atoms with van der Waals surface area (Å²) in [4.78, 5) is 30.5. The first-order chi connectivity index (χ1) is 22.5. The Kier molecular flexibility index (Phi) is 11.0. The van der Waals surface area contributed by atoms with Crippen molar-refractivity contribution in [1.29, 1.82) is 0 Å². The molecule has 246 valence electrons. The molecule has 0 radical (unpaired) electrons. The Morgan fingerprint density at radius 3 is 2.17 bits per heavy atom. The number of anilines is 1. The molecule has 9 heteroatoms. The highest BCUT2D eigenvalue weighted by Gasteiger charge is 2.36. The summed E-state index contributed by atoms with van der Waals surface area (Å²) in [7, 11) is -4.21. The van der Waals surface area contributed by atoms with Crippen LogP contribution in [-0.4, -0.2) is 43.8 Å². The lowest BCUT2D eigenvalue weighted by Crippen LogP contribution is -2.54. The molecule has 0 aromatic heterocycles. The molecule has 5 rings (SSSR count). The number of hydrogen-bond acceptors (Lipinski definition) is 4. The number of carbonyl (C=O) groups is 2. The van der Waals surface area contributed by atoms with Gasteiger partial charge in [-0.05, 0) is 80.1 Å². The van der Waals surface area contributed by atoms with E-state index >= 15 is 0 Å². The van der Waals surface area contributed by atoms with Crippen molar-refractivity contribution in [3.05, 3.63) is 130 Å². The SMILES string of the molecule is Cc1ccc(S(=O)(=O)N(CC(=O)N(Cc2ccccc2C)C(Cc2ccccc2)C(=O)NC2CCCC2)c2ccc(C)c(Cl)c2)cc1. The number of amides is 2. The van der Waals surface area contributed by atoms with Crippen molar-refractivity contribution in [2.24, 2.45) is 0 Å². The predicted molar refractivity (Wildman–Crippen MR) is 188 cm³/mol. The monoisotopic (exact) mass is 671 g/mol. The molecule has 1 unspecified atom stereocenters. The van der Waals surface area contributed by atoms with E-state index < -0.39 is 28.5 Å². The van der Waals surface area contributed by atoms with Crippen molar-refractivity contribution >= 4 is 39.1 Å². The smallest absolute Gasteiger partial charge is 0.264 e. The summed E-state index contributed by atoms with van der Waals surface area (Å²) in [5, 5.41) is 3.60. The molecule has 0 bridgehead atoms. The number of aryl methyl sites for hydroxylation is 3. The summed E-state index contributed by atoms with van der Waals surface area (Å²) in [6.07, 6.45) is 4.16. The van der Waals surface area contributed by atoms with Crippen molar-refractivity contribution in [1.82, 2.24) is 10.2 Å². The fraction of sp³-hybridized carbons (Fsp3) is 0.316. The highest BCUT2D eigenvalue weighted by Crippen LogP contribution is 2.29. The highest BCUT2D eigenvalue weighted by atomic mass is 35.5. The van der Waals surface area contributed by atoms with Crippen molar-refractivity contribution in [2.75, 3.05) is 10.8 Å². The van der Waals surface area contributed by atoms with Crippen LogP contribution in [0.5, 0.6) is 0 Å². The molecular weight excluding hydrogens is 630 g/mol. The molecule has 7 nitrogen and oxygen atoms in total. The zero-order valence-electron chi connectivity index (χ0n) is 27.2. The van der Waals surface area contributed by atoms with E-state index in [0.717, 1.165) is 57.8 Å². The van der Waals surface area contributed by atoms with Crippen LogP contribution in [0.4, 0.5) is 5.69 Å². The Morgan fingerprint density at radius 1 is 0.851 bits per heavy atom. The van der Waals surface area contributed by atoms with Crippen LogP contribution in [0.25, 0.3) is 0 Å². The minimum atomic E-state index is -4.21. The number of rotatable bonds is 12. The molecule has 0 heterocycles. The number of nitrogens with zero attached hydrogens (tertiary/aromatic N) is 2. The van der Waals surface area contributed by atoms with Crippen LogP contribution >= 0.6 is 11.6 Å². The van der Waals surface area contributed by atoms with Crippen molar-refractivity contribution < 1.29 is 18.0 Å². The molecule has 0 saturated heterocycles. The normalized spacial score (nSPS) is 14.0. The second kappa shape index (κ2) is 15.2. The van der Waals surface area contributed by atoms with Gasteiger partial charge in [0.1, 0.15) is 12.6 Å². The molecule has 1 N–H and O–H groups in total. The molecule has 1 saturated carbocycles. The van der Waals surface area contributed by atoms with Crippen LogP contribution in [0.1, 0.15) is 53.5 Å². The number of halogens is 1. The van der Waals surface area contributed by atoms with Gasteiger partial charge in [-0.15, -0.1) is 0 Å². The average molecular weight is 672 g/mol. The lowest BCUT2D eigenvalue weighted by Gasteiger charge is -2.34. The van der Waals surface area contributed by atoms with Gasteiger partial charge in [-0.3, -0.25) is 13.9 Å². The zero-order valence-corrected chi connectivity index (χ0v) is 28.7. The van der Waals surface area contributed by atoms with Gasteiger partial charge in [-0.1, -0.05) is 103 Å². The predicted octanol–water partition coefficient (Wildman–Crippen LogP) is 7.16. The summed E-state index contributed by atoms with van der Waals surface area (Å²) in [5.74, 6) is -0.739. The molecule has 1 aliphatic rings. The molecule has 4 aromatic rings. The minimum Gasteiger partial charge on any atom is -0.352 e. The zero-order chi connectivity index (χ0) is 33.6. The van der Waals surface area contributed by atoms with E-state index in [9.17, 15) is 18.0 Å². The lowest BCUT2D eigenvalue weighted by atomic mass is 10.0. The second-order valence-electron chi connectivity index (χ2n) is 12.4. The second-order valence-corrected chi connectivity index (χ2v) is 14.7. The van der Waals surface area contributed by atoms with E-state index in [4.69, 9.17) is 11.6 Å². The van der Waals surface area contributed by atoms with Gasteiger partial charge < -0.3 is 10.2 Å². The first-order valence-corrected chi connectivity index (χ1v) is 17.9. The van der Waals surface area contributed by atoms with Crippen molar-refractivity contribution in [3.8, 4) is 0 Å². The molecular formula is C38H42ClN3O4S. The van der Waals surface area contributed by atoms with Gasteiger partial charge in [0.25, 0.3) is 10.0 Å². The molecule has 1 aliphatic carbocycles. The van der Waals surface area contributed by atoms with Crippen molar-refractivity contribution in [2.45, 2.75) is 76.4 Å². The van der Waals surface area contributed by atoms with Crippen LogP contribution in [0.2, 0.25) is 5.02 Å². The summed E-state index contributed by atoms with van der Waals surface area (Å²) in [5.41, 5.74) is 4.69. The number of sulfonamides is 1. The third-order valence-corrected chi connectivity index (χ3v) is 11.1. The third kappa shape index (κ3) is 8.42.